The highest BCUT2D eigenvalue weighted by atomic mass is 32.1. The van der Waals surface area contributed by atoms with Crippen LogP contribution < -0.4 is 25.0 Å². The number of nitriles is 1. The number of nitrogens with one attached hydrogen (secondary N) is 1. The predicted octanol–water partition coefficient (Wildman–Crippen LogP) is 0.521. The van der Waals surface area contributed by atoms with E-state index in [1.807, 2.05) is 0 Å². The number of aliphatic carboxylic acids is 1. The van der Waals surface area contributed by atoms with Crippen molar-refractivity contribution < 1.29 is 14.7 Å². The van der Waals surface area contributed by atoms with Crippen molar-refractivity contribution in [1.29, 1.82) is 5.26 Å². The fraction of sp³-hybridized carbons (Fsp3) is 0.222. The molecule has 1 heterocycles. The van der Waals surface area contributed by atoms with Gasteiger partial charge in [-0.1, -0.05) is 6.07 Å². The van der Waals surface area contributed by atoms with Crippen molar-refractivity contribution in [2.24, 2.45) is 0 Å². The van der Waals surface area contributed by atoms with Crippen LogP contribution in [0.15, 0.2) is 29.1 Å². The summed E-state index contributed by atoms with van der Waals surface area (Å²) in [6.45, 7) is 3.40. The van der Waals surface area contributed by atoms with Crippen LogP contribution >= 0.6 is 11.3 Å². The summed E-state index contributed by atoms with van der Waals surface area (Å²) in [5, 5.41) is 21.2. The zero-order chi connectivity index (χ0) is 20.1. The number of amides is 1. The summed E-state index contributed by atoms with van der Waals surface area (Å²) >= 11 is 0.934. The van der Waals surface area contributed by atoms with E-state index in [1.54, 1.807) is 44.3 Å². The summed E-state index contributed by atoms with van der Waals surface area (Å²) < 4.78 is 1.63. The first-order valence-corrected chi connectivity index (χ1v) is 8.80. The number of carboxylic acid groups (broad SMARTS) is 1. The average molecular weight is 386 g/mol. The minimum atomic E-state index is -1.37. The summed E-state index contributed by atoms with van der Waals surface area (Å²) in [6.07, 6.45) is 1.46. The second-order valence-electron chi connectivity index (χ2n) is 5.53. The van der Waals surface area contributed by atoms with Crippen molar-refractivity contribution in [3.8, 4) is 6.07 Å². The number of thiazole rings is 1. The third kappa shape index (κ3) is 4.24. The molecule has 9 heteroatoms. The van der Waals surface area contributed by atoms with Crippen LogP contribution in [-0.4, -0.2) is 28.6 Å². The summed E-state index contributed by atoms with van der Waals surface area (Å²) in [4.78, 5) is 36.7. The van der Waals surface area contributed by atoms with Gasteiger partial charge in [-0.2, -0.15) is 5.26 Å². The molecule has 2 rings (SSSR count). The van der Waals surface area contributed by atoms with Crippen molar-refractivity contribution in [3.63, 3.8) is 0 Å². The molecule has 0 bridgehead atoms. The summed E-state index contributed by atoms with van der Waals surface area (Å²) in [5.74, 6) is -1.49. The van der Waals surface area contributed by atoms with Gasteiger partial charge < -0.3 is 15.3 Å². The number of rotatable bonds is 5. The van der Waals surface area contributed by atoms with Gasteiger partial charge in [0.05, 0.1) is 0 Å². The van der Waals surface area contributed by atoms with Gasteiger partial charge in [0.2, 0.25) is 5.91 Å². The maximum absolute atomic E-state index is 12.5. The molecule has 2 N–H and O–H groups in total. The Bertz CT molecular complexity index is 1110. The van der Waals surface area contributed by atoms with Crippen LogP contribution in [0.2, 0.25) is 0 Å². The van der Waals surface area contributed by atoms with Crippen molar-refractivity contribution in [2.75, 3.05) is 17.3 Å². The SMILES string of the molecule is CCn1c(=C(C#N)C(=O)O)sc(=CNc2cccc(N(C)C(C)=O)c2)c1=O. The quantitative estimate of drug-likeness (QED) is 0.774. The zero-order valence-electron chi connectivity index (χ0n) is 15.0. The Balaban J connectivity index is 2.51. The molecule has 0 fully saturated rings. The third-order valence-electron chi connectivity index (χ3n) is 3.84. The first-order chi connectivity index (χ1) is 12.8. The van der Waals surface area contributed by atoms with E-state index in [1.165, 1.54) is 22.6 Å². The highest BCUT2D eigenvalue weighted by Gasteiger charge is 2.13. The molecule has 0 aliphatic heterocycles. The molecule has 0 unspecified atom stereocenters. The summed E-state index contributed by atoms with van der Waals surface area (Å²) in [5.41, 5.74) is 0.491. The Hall–Kier alpha value is -3.38. The maximum Gasteiger partial charge on any atom is 0.349 e. The first kappa shape index (κ1) is 19.9. The van der Waals surface area contributed by atoms with Gasteiger partial charge in [-0.3, -0.25) is 14.2 Å². The minimum Gasteiger partial charge on any atom is -0.477 e. The molecule has 1 amide bonds. The lowest BCUT2D eigenvalue weighted by atomic mass is 10.2. The van der Waals surface area contributed by atoms with Crippen LogP contribution in [0, 0.1) is 11.3 Å². The predicted molar refractivity (Wildman–Crippen MR) is 104 cm³/mol. The second-order valence-corrected chi connectivity index (χ2v) is 6.56. The van der Waals surface area contributed by atoms with Crippen molar-refractivity contribution in [1.82, 2.24) is 4.57 Å². The van der Waals surface area contributed by atoms with Crippen LogP contribution in [-0.2, 0) is 16.1 Å². The number of hydrogen-bond donors (Lipinski definition) is 2. The number of carbonyl (C=O) groups excluding carboxylic acids is 1. The van der Waals surface area contributed by atoms with Gasteiger partial charge in [0.15, 0.2) is 5.57 Å². The smallest absolute Gasteiger partial charge is 0.349 e. The molecule has 0 aliphatic rings. The molecule has 2 aromatic rings. The highest BCUT2D eigenvalue weighted by Crippen LogP contribution is 2.18. The van der Waals surface area contributed by atoms with E-state index in [9.17, 15) is 14.4 Å². The molecule has 1 aromatic carbocycles. The van der Waals surface area contributed by atoms with Gasteiger partial charge in [-0.05, 0) is 25.1 Å². The van der Waals surface area contributed by atoms with Crippen molar-refractivity contribution in [3.05, 3.63) is 43.8 Å². The molecule has 0 radical (unpaired) electrons. The second kappa shape index (κ2) is 8.33. The van der Waals surface area contributed by atoms with Gasteiger partial charge >= 0.3 is 5.97 Å². The highest BCUT2D eigenvalue weighted by molar-refractivity contribution is 7.07. The fourth-order valence-electron chi connectivity index (χ4n) is 2.31. The van der Waals surface area contributed by atoms with Gasteiger partial charge in [0.25, 0.3) is 5.56 Å². The third-order valence-corrected chi connectivity index (χ3v) is 4.97. The maximum atomic E-state index is 12.5. The Kier molecular flexibility index (Phi) is 6.15. The summed E-state index contributed by atoms with van der Waals surface area (Å²) in [6, 6.07) is 8.69. The molecule has 0 spiro atoms. The average Bonchev–Trinajstić information content (AvgIpc) is 2.95. The van der Waals surface area contributed by atoms with Crippen LogP contribution in [0.4, 0.5) is 11.4 Å². The number of nitrogens with zero attached hydrogens (tertiary/aromatic N) is 3. The lowest BCUT2D eigenvalue weighted by molar-refractivity contribution is -0.130. The normalized spacial score (nSPS) is 12.3. The monoisotopic (exact) mass is 386 g/mol. The zero-order valence-corrected chi connectivity index (χ0v) is 15.8. The largest absolute Gasteiger partial charge is 0.477 e. The molecule has 0 aliphatic carbocycles. The van der Waals surface area contributed by atoms with Crippen LogP contribution in [0.3, 0.4) is 0 Å². The molecule has 0 atom stereocenters. The van der Waals surface area contributed by atoms with Gasteiger partial charge in [0.1, 0.15) is 15.3 Å². The molecule has 8 nitrogen and oxygen atoms in total. The van der Waals surface area contributed by atoms with E-state index < -0.39 is 11.5 Å². The topological polar surface area (TPSA) is 115 Å². The lowest BCUT2D eigenvalue weighted by Gasteiger charge is -2.15. The van der Waals surface area contributed by atoms with E-state index in [2.05, 4.69) is 5.32 Å². The van der Waals surface area contributed by atoms with E-state index >= 15 is 0 Å². The molecular weight excluding hydrogens is 368 g/mol. The van der Waals surface area contributed by atoms with Gasteiger partial charge in [-0.25, -0.2) is 4.79 Å². The minimum absolute atomic E-state index is 0.107. The molecule has 27 heavy (non-hydrogen) atoms. The number of carbonyl (C=O) groups is 2. The number of hydrogen-bond acceptors (Lipinski definition) is 6. The fourth-order valence-corrected chi connectivity index (χ4v) is 3.40. The number of benzene rings is 1. The van der Waals surface area contributed by atoms with Gasteiger partial charge in [-0.15, -0.1) is 11.3 Å². The van der Waals surface area contributed by atoms with E-state index in [-0.39, 0.29) is 27.2 Å². The first-order valence-electron chi connectivity index (χ1n) is 7.98. The lowest BCUT2D eigenvalue weighted by Crippen LogP contribution is -2.32. The Morgan fingerprint density at radius 1 is 1.44 bits per heavy atom. The van der Waals surface area contributed by atoms with E-state index in [0.29, 0.717) is 11.4 Å². The van der Waals surface area contributed by atoms with Crippen molar-refractivity contribution in [2.45, 2.75) is 20.4 Å². The van der Waals surface area contributed by atoms with Crippen LogP contribution in [0.1, 0.15) is 13.8 Å². The molecular formula is C18H18N4O4S. The standard InChI is InChI=1S/C18H18N4O4S/c1-4-22-16(24)15(27-17(22)14(9-19)18(25)26)10-20-12-6-5-7-13(8-12)21(3)11(2)23/h5-8,10,20H,4H2,1-3H3,(H,25,26). The Morgan fingerprint density at radius 2 is 2.15 bits per heavy atom. The number of aromatic nitrogens is 1. The number of carboxylic acids is 1. The molecule has 0 saturated carbocycles. The van der Waals surface area contributed by atoms with E-state index in [4.69, 9.17) is 10.4 Å². The summed E-state index contributed by atoms with van der Waals surface area (Å²) in [7, 11) is 1.65. The molecule has 1 aromatic heterocycles. The molecule has 0 saturated heterocycles. The van der Waals surface area contributed by atoms with E-state index in [0.717, 1.165) is 11.3 Å². The Labute approximate surface area is 158 Å². The Morgan fingerprint density at radius 3 is 2.70 bits per heavy atom. The number of anilines is 2. The van der Waals surface area contributed by atoms with Crippen LogP contribution in [0.25, 0.3) is 11.8 Å². The molecule has 140 valence electrons. The van der Waals surface area contributed by atoms with Crippen molar-refractivity contribution >= 4 is 46.4 Å². The van der Waals surface area contributed by atoms with Gasteiger partial charge in [0, 0.05) is 38.1 Å². The van der Waals surface area contributed by atoms with Crippen LogP contribution in [0.5, 0.6) is 0 Å².